The minimum Gasteiger partial charge on any atom is -0.744 e. The highest BCUT2D eigenvalue weighted by molar-refractivity contribution is 7.80. The lowest BCUT2D eigenvalue weighted by atomic mass is 11.3. The molecule has 0 aliphatic carbocycles. The lowest BCUT2D eigenvalue weighted by Crippen LogP contribution is -2.18. The molecule has 0 aliphatic rings. The molecule has 0 unspecified atom stereocenters. The molecular formula is C2H7N4S2-. The Morgan fingerprint density at radius 1 is 1.38 bits per heavy atom. The molecule has 0 atom stereocenters. The lowest BCUT2D eigenvalue weighted by molar-refractivity contribution is 1.51. The van der Waals surface area contributed by atoms with Gasteiger partial charge in [0.1, 0.15) is 0 Å². The average Bonchev–Trinajstić information content (AvgIpc) is 1.25. The molecule has 0 aromatic heterocycles. The molecule has 48 valence electrons. The molecule has 7 N–H and O–H groups in total. The predicted molar refractivity (Wildman–Crippen MR) is 40.3 cm³/mol. The summed E-state index contributed by atoms with van der Waals surface area (Å²) in [7, 11) is 0. The van der Waals surface area contributed by atoms with Gasteiger partial charge < -0.3 is 35.2 Å². The van der Waals surface area contributed by atoms with Crippen molar-refractivity contribution < 1.29 is 0 Å². The third-order valence-corrected chi connectivity index (χ3v) is 0. The van der Waals surface area contributed by atoms with Gasteiger partial charge in [0.2, 0.25) is 0 Å². The van der Waals surface area contributed by atoms with Crippen molar-refractivity contribution in [1.29, 1.82) is 5.41 Å². The van der Waals surface area contributed by atoms with E-state index in [4.69, 9.17) is 5.41 Å². The van der Waals surface area contributed by atoms with Crippen LogP contribution < -0.4 is 17.2 Å². The maximum Gasteiger partial charge on any atom is 0.160 e. The second kappa shape index (κ2) is 6.38. The van der Waals surface area contributed by atoms with E-state index in [0.717, 1.165) is 0 Å². The largest absolute Gasteiger partial charge is 0.744 e. The molecule has 6 heteroatoms. The average molecular weight is 151 g/mol. The van der Waals surface area contributed by atoms with Gasteiger partial charge in [-0.05, 0) is 17.4 Å². The summed E-state index contributed by atoms with van der Waals surface area (Å²) in [6.07, 6.45) is 0. The predicted octanol–water partition coefficient (Wildman–Crippen LogP) is -1.38. The van der Waals surface area contributed by atoms with Crippen LogP contribution >= 0.6 is 12.2 Å². The Hall–Kier alpha value is -0.620. The van der Waals surface area contributed by atoms with E-state index < -0.39 is 0 Å². The summed E-state index contributed by atoms with van der Waals surface area (Å²) in [6, 6.07) is 0. The topological polar surface area (TPSA) is 102 Å². The molecule has 0 bridgehead atoms. The fourth-order valence-corrected chi connectivity index (χ4v) is 0. The van der Waals surface area contributed by atoms with Crippen LogP contribution in [0.25, 0.3) is 0 Å². The van der Waals surface area contributed by atoms with Gasteiger partial charge in [-0.3, -0.25) is 0 Å². The van der Waals surface area contributed by atoms with Crippen LogP contribution in [-0.2, 0) is 12.6 Å². The van der Waals surface area contributed by atoms with Crippen molar-refractivity contribution in [2.24, 2.45) is 17.2 Å². The molecule has 0 heterocycles. The van der Waals surface area contributed by atoms with Gasteiger partial charge in [0.05, 0.1) is 0 Å². The van der Waals surface area contributed by atoms with Crippen molar-refractivity contribution in [3.63, 3.8) is 0 Å². The van der Waals surface area contributed by atoms with Crippen LogP contribution in [0.2, 0.25) is 0 Å². The van der Waals surface area contributed by atoms with Crippen LogP contribution in [0.5, 0.6) is 0 Å². The molecule has 0 aromatic carbocycles. The fourth-order valence-electron chi connectivity index (χ4n) is 0. The number of nitrogens with one attached hydrogen (secondary N) is 1. The molecule has 0 aromatic rings. The summed E-state index contributed by atoms with van der Waals surface area (Å²) >= 11 is 8.07. The molecule has 0 rings (SSSR count). The standard InChI is InChI=1S/2CH4N2S/c2*2-1(3)4/h2*(H4,2,3,4)/p-1. The first-order valence-electron chi connectivity index (χ1n) is 1.52. The minimum absolute atomic E-state index is 0.000000000000000222. The van der Waals surface area contributed by atoms with Crippen molar-refractivity contribution >= 4 is 35.1 Å². The Morgan fingerprint density at radius 3 is 1.38 bits per heavy atom. The summed E-state index contributed by atoms with van der Waals surface area (Å²) in [5.74, 6) is 0. The van der Waals surface area contributed by atoms with Crippen LogP contribution in [0, 0.1) is 5.41 Å². The van der Waals surface area contributed by atoms with Crippen molar-refractivity contribution in [3.8, 4) is 0 Å². The molecule has 0 saturated carbocycles. The molecule has 0 aliphatic heterocycles. The number of amidine groups is 1. The van der Waals surface area contributed by atoms with E-state index >= 15 is 0 Å². The zero-order chi connectivity index (χ0) is 7.15. The molecule has 0 saturated heterocycles. The second-order valence-corrected chi connectivity index (χ2v) is 1.68. The number of hydrogen-bond acceptors (Lipinski definition) is 3. The summed E-state index contributed by atoms with van der Waals surface area (Å²) in [4.78, 5) is 0. The number of thiocarbonyl (C=S) groups is 1. The summed E-state index contributed by atoms with van der Waals surface area (Å²) in [6.45, 7) is 0. The van der Waals surface area contributed by atoms with Gasteiger partial charge in [-0.1, -0.05) is 0 Å². The van der Waals surface area contributed by atoms with Crippen molar-refractivity contribution in [3.05, 3.63) is 0 Å². The van der Waals surface area contributed by atoms with Crippen LogP contribution in [0.4, 0.5) is 0 Å². The van der Waals surface area contributed by atoms with E-state index in [1.54, 1.807) is 0 Å². The van der Waals surface area contributed by atoms with Gasteiger partial charge in [-0.25, -0.2) is 0 Å². The third-order valence-electron chi connectivity index (χ3n) is 0. The highest BCUT2D eigenvalue weighted by Gasteiger charge is 1.53. The van der Waals surface area contributed by atoms with Gasteiger partial charge >= 0.3 is 0 Å². The molecule has 0 spiro atoms. The molecule has 0 radical (unpaired) electrons. The Kier molecular flexibility index (Phi) is 8.28. The first-order valence-corrected chi connectivity index (χ1v) is 2.34. The van der Waals surface area contributed by atoms with Gasteiger partial charge in [0, 0.05) is 0 Å². The highest BCUT2D eigenvalue weighted by atomic mass is 32.1. The van der Waals surface area contributed by atoms with Crippen molar-refractivity contribution in [2.75, 3.05) is 0 Å². The van der Waals surface area contributed by atoms with E-state index in [1.165, 1.54) is 0 Å². The molecule has 8 heavy (non-hydrogen) atoms. The normalized spacial score (nSPS) is 6.00. The Labute approximate surface area is 58.3 Å². The SMILES string of the molecule is N=C(N)[S-].NC(N)=S. The van der Waals surface area contributed by atoms with E-state index in [-0.39, 0.29) is 10.3 Å². The van der Waals surface area contributed by atoms with Crippen LogP contribution in [0.15, 0.2) is 0 Å². The van der Waals surface area contributed by atoms with Gasteiger partial charge in [-0.2, -0.15) is 0 Å². The zero-order valence-electron chi connectivity index (χ0n) is 4.05. The summed E-state index contributed by atoms with van der Waals surface area (Å²) < 4.78 is 0. The fraction of sp³-hybridized carbons (Fsp3) is 0. The van der Waals surface area contributed by atoms with E-state index in [9.17, 15) is 0 Å². The quantitative estimate of drug-likeness (QED) is 0.148. The minimum atomic E-state index is -0.250. The summed E-state index contributed by atoms with van der Waals surface area (Å²) in [5.41, 5.74) is 13.8. The third kappa shape index (κ3) is 269. The highest BCUT2D eigenvalue weighted by Crippen LogP contribution is 1.32. The first-order chi connectivity index (χ1) is 3.46. The Morgan fingerprint density at radius 2 is 1.38 bits per heavy atom. The number of rotatable bonds is 0. The van der Waals surface area contributed by atoms with Crippen molar-refractivity contribution in [2.45, 2.75) is 0 Å². The molecule has 4 nitrogen and oxygen atoms in total. The number of hydrogen-bond donors (Lipinski definition) is 4. The molecular weight excluding hydrogens is 144 g/mol. The van der Waals surface area contributed by atoms with Crippen LogP contribution in [-0.4, -0.2) is 10.3 Å². The lowest BCUT2D eigenvalue weighted by Gasteiger charge is -1.89. The van der Waals surface area contributed by atoms with E-state index in [1.807, 2.05) is 0 Å². The molecule has 0 amide bonds. The van der Waals surface area contributed by atoms with Crippen molar-refractivity contribution in [1.82, 2.24) is 0 Å². The van der Waals surface area contributed by atoms with Gasteiger partial charge in [0.15, 0.2) is 5.11 Å². The van der Waals surface area contributed by atoms with E-state index in [2.05, 4.69) is 42.0 Å². The van der Waals surface area contributed by atoms with E-state index in [0.29, 0.717) is 0 Å². The monoisotopic (exact) mass is 151 g/mol. The Balaban J connectivity index is 0. The van der Waals surface area contributed by atoms with Gasteiger partial charge in [-0.15, -0.1) is 0 Å². The van der Waals surface area contributed by atoms with Crippen LogP contribution in [0.1, 0.15) is 0 Å². The van der Waals surface area contributed by atoms with Crippen LogP contribution in [0.3, 0.4) is 0 Å². The smallest absolute Gasteiger partial charge is 0.160 e. The Bertz CT molecular complexity index is 70.0. The zero-order valence-corrected chi connectivity index (χ0v) is 5.68. The summed E-state index contributed by atoms with van der Waals surface area (Å²) in [5, 5.41) is 5.84. The maximum atomic E-state index is 6.09. The first kappa shape index (κ1) is 10.4. The maximum absolute atomic E-state index is 6.09. The van der Waals surface area contributed by atoms with Gasteiger partial charge in [0.25, 0.3) is 0 Å². The number of nitrogens with two attached hydrogens (primary N) is 3. The molecule has 0 fully saturated rings. The second-order valence-electron chi connectivity index (χ2n) is 0.767.